The highest BCUT2D eigenvalue weighted by molar-refractivity contribution is 5.55. The maximum absolute atomic E-state index is 5.96. The number of morpholine rings is 1. The molecule has 1 fully saturated rings. The predicted molar refractivity (Wildman–Crippen MR) is 104 cm³/mol. The molecule has 1 aromatic rings. The van der Waals surface area contributed by atoms with Crippen LogP contribution in [0, 0.1) is 0 Å². The summed E-state index contributed by atoms with van der Waals surface area (Å²) in [7, 11) is 0. The molecule has 1 aromatic heterocycles. The van der Waals surface area contributed by atoms with Gasteiger partial charge in [0.1, 0.15) is 19.0 Å². The summed E-state index contributed by atoms with van der Waals surface area (Å²) in [6.07, 6.45) is 2.16. The lowest BCUT2D eigenvalue weighted by molar-refractivity contribution is 0.0106. The maximum atomic E-state index is 5.96. The van der Waals surface area contributed by atoms with Crippen LogP contribution in [0.25, 0.3) is 0 Å². The number of aromatic nitrogens is 1. The van der Waals surface area contributed by atoms with Crippen molar-refractivity contribution in [3.63, 3.8) is 0 Å². The summed E-state index contributed by atoms with van der Waals surface area (Å²) < 4.78 is 16.7. The average molecular weight is 364 g/mol. The summed E-state index contributed by atoms with van der Waals surface area (Å²) in [4.78, 5) is 8.65. The van der Waals surface area contributed by atoms with Crippen molar-refractivity contribution >= 4 is 11.5 Å². The molecule has 1 saturated heterocycles. The fourth-order valence-corrected chi connectivity index (χ4v) is 2.89. The van der Waals surface area contributed by atoms with Crippen molar-refractivity contribution in [2.75, 3.05) is 63.2 Å². The number of anilines is 2. The van der Waals surface area contributed by atoms with Gasteiger partial charge in [-0.2, -0.15) is 4.98 Å². The van der Waals surface area contributed by atoms with Gasteiger partial charge in [-0.3, -0.25) is 0 Å². The first kappa shape index (κ1) is 20.2. The first-order valence-electron chi connectivity index (χ1n) is 9.43. The number of hydrogen-bond donors (Lipinski definition) is 1. The van der Waals surface area contributed by atoms with Gasteiger partial charge >= 0.3 is 0 Å². The Morgan fingerprint density at radius 3 is 2.58 bits per heavy atom. The highest BCUT2D eigenvalue weighted by atomic mass is 16.5. The van der Waals surface area contributed by atoms with E-state index < -0.39 is 0 Å². The smallest absolute Gasteiger partial charge is 0.217 e. The third kappa shape index (κ3) is 6.29. The fraction of sp³-hybridized carbons (Fsp3) is 0.632. The molecule has 2 rings (SSSR count). The molecule has 0 spiro atoms. The second kappa shape index (κ2) is 10.8. The lowest BCUT2D eigenvalue weighted by Gasteiger charge is -2.29. The molecule has 0 aromatic carbocycles. The van der Waals surface area contributed by atoms with Crippen LogP contribution in [0.15, 0.2) is 24.6 Å². The van der Waals surface area contributed by atoms with Crippen LogP contribution in [0.4, 0.5) is 11.5 Å². The summed E-state index contributed by atoms with van der Waals surface area (Å²) in [5.74, 6) is 1.65. The molecule has 0 unspecified atom stereocenters. The van der Waals surface area contributed by atoms with Crippen molar-refractivity contribution in [3.8, 4) is 5.88 Å². The summed E-state index contributed by atoms with van der Waals surface area (Å²) in [6, 6.07) is 3.84. The van der Waals surface area contributed by atoms with Crippen molar-refractivity contribution in [1.29, 1.82) is 0 Å². The largest absolute Gasteiger partial charge is 0.476 e. The second-order valence-electron chi connectivity index (χ2n) is 6.27. The molecule has 1 aliphatic rings. The molecule has 2 heterocycles. The van der Waals surface area contributed by atoms with Crippen molar-refractivity contribution < 1.29 is 14.2 Å². The lowest BCUT2D eigenvalue weighted by atomic mass is 10.3. The molecule has 0 saturated carbocycles. The maximum Gasteiger partial charge on any atom is 0.217 e. The normalized spacial score (nSPS) is 14.2. The van der Waals surface area contributed by atoms with Crippen LogP contribution in [-0.4, -0.2) is 62.5 Å². The van der Waals surface area contributed by atoms with Crippen LogP contribution in [0.5, 0.6) is 5.88 Å². The number of nitrogens with two attached hydrogens (primary N) is 1. The van der Waals surface area contributed by atoms with Gasteiger partial charge in [-0.05, 0) is 19.4 Å². The molecule has 7 heteroatoms. The zero-order valence-corrected chi connectivity index (χ0v) is 16.1. The summed E-state index contributed by atoms with van der Waals surface area (Å²) in [5, 5.41) is 0. The molecular formula is C19H32N4O3. The zero-order chi connectivity index (χ0) is 18.8. The minimum absolute atomic E-state index is 0.390. The second-order valence-corrected chi connectivity index (χ2v) is 6.27. The first-order valence-corrected chi connectivity index (χ1v) is 9.43. The van der Waals surface area contributed by atoms with Crippen molar-refractivity contribution in [1.82, 2.24) is 9.88 Å². The monoisotopic (exact) mass is 364 g/mol. The fourth-order valence-electron chi connectivity index (χ4n) is 2.89. The number of ether oxygens (including phenoxy) is 3. The van der Waals surface area contributed by atoms with Gasteiger partial charge in [0.25, 0.3) is 0 Å². The minimum atomic E-state index is 0.390. The van der Waals surface area contributed by atoms with Crippen LogP contribution in [0.1, 0.15) is 26.7 Å². The van der Waals surface area contributed by atoms with Gasteiger partial charge in [-0.1, -0.05) is 13.8 Å². The molecular weight excluding hydrogens is 332 g/mol. The van der Waals surface area contributed by atoms with E-state index in [1.54, 1.807) is 0 Å². The summed E-state index contributed by atoms with van der Waals surface area (Å²) in [5.41, 5.74) is 7.01. The Morgan fingerprint density at radius 2 is 1.92 bits per heavy atom. The number of nitrogen functional groups attached to an aromatic ring is 1. The molecule has 0 atom stereocenters. The van der Waals surface area contributed by atoms with Crippen molar-refractivity contribution in [2.24, 2.45) is 0 Å². The number of nitrogens with zero attached hydrogens (tertiary/aromatic N) is 3. The minimum Gasteiger partial charge on any atom is -0.476 e. The number of pyridine rings is 1. The van der Waals surface area contributed by atoms with E-state index in [-0.39, 0.29) is 0 Å². The molecule has 0 bridgehead atoms. The van der Waals surface area contributed by atoms with Crippen molar-refractivity contribution in [2.45, 2.75) is 26.7 Å². The number of rotatable bonds is 11. The SMILES string of the molecule is C=C(OCCOc1cc(N(CCC)CCC)cc(N)n1)N1CCOCC1. The molecule has 2 N–H and O–H groups in total. The Morgan fingerprint density at radius 1 is 1.23 bits per heavy atom. The van der Waals surface area contributed by atoms with Gasteiger partial charge in [0.05, 0.1) is 13.2 Å². The Kier molecular flexibility index (Phi) is 8.34. The van der Waals surface area contributed by atoms with Crippen LogP contribution >= 0.6 is 0 Å². The van der Waals surface area contributed by atoms with E-state index in [4.69, 9.17) is 19.9 Å². The zero-order valence-electron chi connectivity index (χ0n) is 16.1. The third-order valence-electron chi connectivity index (χ3n) is 4.12. The van der Waals surface area contributed by atoms with E-state index >= 15 is 0 Å². The molecule has 1 aliphatic heterocycles. The summed E-state index contributed by atoms with van der Waals surface area (Å²) in [6.45, 7) is 14.1. The van der Waals surface area contributed by atoms with Crippen LogP contribution in [0.2, 0.25) is 0 Å². The lowest BCUT2D eigenvalue weighted by Crippen LogP contribution is -2.36. The van der Waals surface area contributed by atoms with Gasteiger partial charge < -0.3 is 29.7 Å². The Bertz CT molecular complexity index is 556. The van der Waals surface area contributed by atoms with Gasteiger partial charge in [0, 0.05) is 44.0 Å². The summed E-state index contributed by atoms with van der Waals surface area (Å²) >= 11 is 0. The molecule has 7 nitrogen and oxygen atoms in total. The molecule has 0 aliphatic carbocycles. The van der Waals surface area contributed by atoms with Crippen molar-refractivity contribution in [3.05, 3.63) is 24.6 Å². The molecule has 26 heavy (non-hydrogen) atoms. The van der Waals surface area contributed by atoms with E-state index in [9.17, 15) is 0 Å². The topological polar surface area (TPSA) is 73.1 Å². The van der Waals surface area contributed by atoms with Gasteiger partial charge in [-0.15, -0.1) is 0 Å². The molecule has 146 valence electrons. The predicted octanol–water partition coefficient (Wildman–Crippen LogP) is 2.49. The van der Waals surface area contributed by atoms with Crippen LogP contribution in [-0.2, 0) is 9.47 Å². The van der Waals surface area contributed by atoms with E-state index in [1.165, 1.54) is 0 Å². The Balaban J connectivity index is 1.83. The highest BCUT2D eigenvalue weighted by Crippen LogP contribution is 2.23. The van der Waals surface area contributed by atoms with E-state index in [2.05, 4.69) is 35.2 Å². The van der Waals surface area contributed by atoms with E-state index in [0.29, 0.717) is 44.0 Å². The van der Waals surface area contributed by atoms with Gasteiger partial charge in [-0.25, -0.2) is 0 Å². The molecule has 0 amide bonds. The van der Waals surface area contributed by atoms with E-state index in [1.807, 2.05) is 12.1 Å². The number of hydrogen-bond acceptors (Lipinski definition) is 7. The Hall–Kier alpha value is -2.15. The van der Waals surface area contributed by atoms with E-state index in [0.717, 1.165) is 44.7 Å². The molecule has 0 radical (unpaired) electrons. The standard InChI is InChI=1S/C19H32N4O3/c1-4-6-23(7-5-2)17-14-18(20)21-19(15-17)26-13-12-25-16(3)22-8-10-24-11-9-22/h14-15H,3-13H2,1-2H3,(H2,20,21). The average Bonchev–Trinajstić information content (AvgIpc) is 2.65. The third-order valence-corrected chi connectivity index (χ3v) is 4.12. The van der Waals surface area contributed by atoms with Gasteiger partial charge in [0.15, 0.2) is 5.88 Å². The quantitative estimate of drug-likeness (QED) is 0.478. The van der Waals surface area contributed by atoms with Gasteiger partial charge in [0.2, 0.25) is 5.88 Å². The van der Waals surface area contributed by atoms with Crippen LogP contribution < -0.4 is 15.4 Å². The Labute approximate surface area is 156 Å². The first-order chi connectivity index (χ1) is 12.6. The highest BCUT2D eigenvalue weighted by Gasteiger charge is 2.13. The van der Waals surface area contributed by atoms with Crippen LogP contribution in [0.3, 0.4) is 0 Å².